The first-order chi connectivity index (χ1) is 12.9. The standard InChI is InChI=1S/C20H14F2N2O3/c21-12-5-10-15(17(22)11-12)19(26)23-13-6-8-14(9-7-13)24-20(27)16-3-1-2-4-18(16)25/h1-11,25H,(H,23,26)(H,24,27). The van der Waals surface area contributed by atoms with E-state index in [2.05, 4.69) is 10.6 Å². The molecule has 0 saturated carbocycles. The van der Waals surface area contributed by atoms with Gasteiger partial charge in [-0.2, -0.15) is 0 Å². The zero-order valence-electron chi connectivity index (χ0n) is 13.9. The van der Waals surface area contributed by atoms with Crippen LogP contribution in [-0.2, 0) is 0 Å². The molecule has 0 bridgehead atoms. The Balaban J connectivity index is 1.67. The maximum atomic E-state index is 13.6. The van der Waals surface area contributed by atoms with Crippen molar-refractivity contribution in [1.29, 1.82) is 0 Å². The normalized spacial score (nSPS) is 10.3. The maximum absolute atomic E-state index is 13.6. The summed E-state index contributed by atoms with van der Waals surface area (Å²) in [6.45, 7) is 0. The van der Waals surface area contributed by atoms with Crippen LogP contribution in [-0.4, -0.2) is 16.9 Å². The Kier molecular flexibility index (Phi) is 5.12. The topological polar surface area (TPSA) is 78.4 Å². The number of anilines is 2. The summed E-state index contributed by atoms with van der Waals surface area (Å²) in [6, 6.07) is 14.9. The molecule has 3 aromatic rings. The van der Waals surface area contributed by atoms with Crippen LogP contribution in [0, 0.1) is 11.6 Å². The third-order valence-corrected chi connectivity index (χ3v) is 3.73. The largest absolute Gasteiger partial charge is 0.507 e. The lowest BCUT2D eigenvalue weighted by molar-refractivity contribution is 0.101. The Hall–Kier alpha value is -3.74. The van der Waals surface area contributed by atoms with Crippen molar-refractivity contribution in [1.82, 2.24) is 0 Å². The van der Waals surface area contributed by atoms with Crippen molar-refractivity contribution in [3.05, 3.63) is 89.5 Å². The second-order valence-electron chi connectivity index (χ2n) is 5.63. The van der Waals surface area contributed by atoms with Gasteiger partial charge in [0, 0.05) is 17.4 Å². The van der Waals surface area contributed by atoms with Crippen LogP contribution in [0.3, 0.4) is 0 Å². The van der Waals surface area contributed by atoms with Crippen molar-refractivity contribution in [2.75, 3.05) is 10.6 Å². The molecule has 0 aromatic heterocycles. The molecule has 0 heterocycles. The van der Waals surface area contributed by atoms with Crippen LogP contribution < -0.4 is 10.6 Å². The molecule has 3 aromatic carbocycles. The van der Waals surface area contributed by atoms with E-state index < -0.39 is 23.4 Å². The SMILES string of the molecule is O=C(Nc1ccc(NC(=O)c2ccc(F)cc2F)cc1)c1ccccc1O. The van der Waals surface area contributed by atoms with Gasteiger partial charge >= 0.3 is 0 Å². The molecule has 0 atom stereocenters. The molecule has 136 valence electrons. The molecular formula is C20H14F2N2O3. The van der Waals surface area contributed by atoms with Gasteiger partial charge in [-0.1, -0.05) is 12.1 Å². The molecule has 0 spiro atoms. The van der Waals surface area contributed by atoms with Gasteiger partial charge in [0.15, 0.2) is 0 Å². The minimum absolute atomic E-state index is 0.127. The first kappa shape index (κ1) is 18.1. The molecule has 0 aliphatic heterocycles. The lowest BCUT2D eigenvalue weighted by atomic mass is 10.1. The number of carbonyl (C=O) groups excluding carboxylic acids is 2. The number of rotatable bonds is 4. The quantitative estimate of drug-likeness (QED) is 0.647. The summed E-state index contributed by atoms with van der Waals surface area (Å²) >= 11 is 0. The summed E-state index contributed by atoms with van der Waals surface area (Å²) in [7, 11) is 0. The van der Waals surface area contributed by atoms with E-state index in [1.54, 1.807) is 12.1 Å². The summed E-state index contributed by atoms with van der Waals surface area (Å²) in [4.78, 5) is 24.2. The molecular weight excluding hydrogens is 354 g/mol. The van der Waals surface area contributed by atoms with Crippen molar-refractivity contribution in [2.24, 2.45) is 0 Å². The highest BCUT2D eigenvalue weighted by Crippen LogP contribution is 2.20. The smallest absolute Gasteiger partial charge is 0.259 e. The van der Waals surface area contributed by atoms with Crippen molar-refractivity contribution in [3.63, 3.8) is 0 Å². The monoisotopic (exact) mass is 368 g/mol. The lowest BCUT2D eigenvalue weighted by Gasteiger charge is -2.09. The predicted octanol–water partition coefficient (Wildman–Crippen LogP) is 4.18. The first-order valence-electron chi connectivity index (χ1n) is 7.90. The molecule has 7 heteroatoms. The number of hydrogen-bond donors (Lipinski definition) is 3. The summed E-state index contributed by atoms with van der Waals surface area (Å²) in [5, 5.41) is 14.8. The number of phenols is 1. The van der Waals surface area contributed by atoms with E-state index in [0.717, 1.165) is 12.1 Å². The van der Waals surface area contributed by atoms with E-state index in [1.807, 2.05) is 0 Å². The number of para-hydroxylation sites is 1. The molecule has 0 unspecified atom stereocenters. The van der Waals surface area contributed by atoms with E-state index in [1.165, 1.54) is 36.4 Å². The van der Waals surface area contributed by atoms with E-state index in [0.29, 0.717) is 17.4 Å². The highest BCUT2D eigenvalue weighted by Gasteiger charge is 2.13. The van der Waals surface area contributed by atoms with Gasteiger partial charge in [-0.25, -0.2) is 8.78 Å². The molecule has 0 radical (unpaired) electrons. The third-order valence-electron chi connectivity index (χ3n) is 3.73. The Morgan fingerprint density at radius 3 is 1.85 bits per heavy atom. The number of hydrogen-bond acceptors (Lipinski definition) is 3. The highest BCUT2D eigenvalue weighted by molar-refractivity contribution is 6.06. The van der Waals surface area contributed by atoms with Crippen LogP contribution in [0.25, 0.3) is 0 Å². The first-order valence-corrected chi connectivity index (χ1v) is 7.90. The fourth-order valence-electron chi connectivity index (χ4n) is 2.37. The van der Waals surface area contributed by atoms with Gasteiger partial charge in [-0.3, -0.25) is 9.59 Å². The van der Waals surface area contributed by atoms with Gasteiger partial charge in [0.1, 0.15) is 17.4 Å². The molecule has 0 fully saturated rings. The van der Waals surface area contributed by atoms with Gasteiger partial charge in [0.05, 0.1) is 11.1 Å². The number of nitrogens with one attached hydrogen (secondary N) is 2. The van der Waals surface area contributed by atoms with E-state index in [9.17, 15) is 23.5 Å². The third kappa shape index (κ3) is 4.27. The zero-order chi connectivity index (χ0) is 19.4. The van der Waals surface area contributed by atoms with E-state index in [-0.39, 0.29) is 16.9 Å². The number of amides is 2. The Labute approximate surface area is 153 Å². The summed E-state index contributed by atoms with van der Waals surface area (Å²) in [6.07, 6.45) is 0. The van der Waals surface area contributed by atoms with Crippen LogP contribution >= 0.6 is 0 Å². The number of halogens is 2. The van der Waals surface area contributed by atoms with Crippen LogP contribution in [0.2, 0.25) is 0 Å². The molecule has 3 rings (SSSR count). The second-order valence-corrected chi connectivity index (χ2v) is 5.63. The van der Waals surface area contributed by atoms with E-state index in [4.69, 9.17) is 0 Å². The summed E-state index contributed by atoms with van der Waals surface area (Å²) < 4.78 is 26.5. The van der Waals surface area contributed by atoms with E-state index >= 15 is 0 Å². The second kappa shape index (κ2) is 7.65. The van der Waals surface area contributed by atoms with Crippen LogP contribution in [0.4, 0.5) is 20.2 Å². The van der Waals surface area contributed by atoms with Crippen LogP contribution in [0.5, 0.6) is 5.75 Å². The van der Waals surface area contributed by atoms with Gasteiger partial charge in [0.25, 0.3) is 11.8 Å². The minimum Gasteiger partial charge on any atom is -0.507 e. The molecule has 5 nitrogen and oxygen atoms in total. The number of benzene rings is 3. The zero-order valence-corrected chi connectivity index (χ0v) is 13.9. The minimum atomic E-state index is -0.959. The molecule has 0 aliphatic carbocycles. The highest BCUT2D eigenvalue weighted by atomic mass is 19.1. The molecule has 0 aliphatic rings. The van der Waals surface area contributed by atoms with Gasteiger partial charge in [-0.15, -0.1) is 0 Å². The lowest BCUT2D eigenvalue weighted by Crippen LogP contribution is -2.14. The predicted molar refractivity (Wildman–Crippen MR) is 96.8 cm³/mol. The Morgan fingerprint density at radius 1 is 0.741 bits per heavy atom. The fraction of sp³-hybridized carbons (Fsp3) is 0. The molecule has 27 heavy (non-hydrogen) atoms. The average molecular weight is 368 g/mol. The Morgan fingerprint density at radius 2 is 1.30 bits per heavy atom. The Bertz CT molecular complexity index is 1000. The van der Waals surface area contributed by atoms with Crippen molar-refractivity contribution in [2.45, 2.75) is 0 Å². The molecule has 2 amide bonds. The molecule has 0 saturated heterocycles. The van der Waals surface area contributed by atoms with Crippen molar-refractivity contribution in [3.8, 4) is 5.75 Å². The van der Waals surface area contributed by atoms with Crippen molar-refractivity contribution >= 4 is 23.2 Å². The van der Waals surface area contributed by atoms with Crippen LogP contribution in [0.15, 0.2) is 66.7 Å². The van der Waals surface area contributed by atoms with Crippen LogP contribution in [0.1, 0.15) is 20.7 Å². The molecule has 3 N–H and O–H groups in total. The van der Waals surface area contributed by atoms with Crippen molar-refractivity contribution < 1.29 is 23.5 Å². The van der Waals surface area contributed by atoms with Gasteiger partial charge in [-0.05, 0) is 48.5 Å². The summed E-state index contributed by atoms with van der Waals surface area (Å²) in [5.74, 6) is -3.08. The summed E-state index contributed by atoms with van der Waals surface area (Å²) in [5.41, 5.74) is 0.647. The number of phenolic OH excluding ortho intramolecular Hbond substituents is 1. The number of aromatic hydroxyl groups is 1. The average Bonchev–Trinajstić information content (AvgIpc) is 2.63. The van der Waals surface area contributed by atoms with Gasteiger partial charge in [0.2, 0.25) is 0 Å². The maximum Gasteiger partial charge on any atom is 0.259 e. The van der Waals surface area contributed by atoms with Gasteiger partial charge < -0.3 is 15.7 Å². The number of carbonyl (C=O) groups is 2. The fourth-order valence-corrected chi connectivity index (χ4v) is 2.37.